The Labute approximate surface area is 106 Å². The van der Waals surface area contributed by atoms with Crippen LogP contribution in [0.2, 0.25) is 0 Å². The lowest BCUT2D eigenvalue weighted by Crippen LogP contribution is -1.99. The summed E-state index contributed by atoms with van der Waals surface area (Å²) in [4.78, 5) is 0. The molecule has 0 heterocycles. The van der Waals surface area contributed by atoms with E-state index in [-0.39, 0.29) is 5.82 Å². The summed E-state index contributed by atoms with van der Waals surface area (Å²) < 4.78 is 18.4. The van der Waals surface area contributed by atoms with Crippen LogP contribution < -0.4 is 10.5 Å². The number of ether oxygens (including phenoxy) is 1. The van der Waals surface area contributed by atoms with Crippen LogP contribution in [0.15, 0.2) is 36.4 Å². The molecule has 2 aromatic carbocycles. The van der Waals surface area contributed by atoms with E-state index in [1.165, 1.54) is 12.1 Å². The summed E-state index contributed by atoms with van der Waals surface area (Å²) in [5, 5.41) is 0. The van der Waals surface area contributed by atoms with Crippen LogP contribution >= 0.6 is 0 Å². The van der Waals surface area contributed by atoms with Gasteiger partial charge < -0.3 is 10.5 Å². The summed E-state index contributed by atoms with van der Waals surface area (Å²) in [5.41, 5.74) is 9.61. The molecule has 0 unspecified atom stereocenters. The molecule has 0 saturated heterocycles. The van der Waals surface area contributed by atoms with Crippen LogP contribution in [0.25, 0.3) is 0 Å². The molecule has 0 aliphatic carbocycles. The highest BCUT2D eigenvalue weighted by molar-refractivity contribution is 5.56. The second-order valence-corrected chi connectivity index (χ2v) is 4.39. The fraction of sp³-hybridized carbons (Fsp3) is 0.200. The third-order valence-corrected chi connectivity index (χ3v) is 2.89. The van der Waals surface area contributed by atoms with Crippen molar-refractivity contribution in [3.8, 4) is 5.75 Å². The molecule has 0 aliphatic heterocycles. The van der Waals surface area contributed by atoms with Crippen molar-refractivity contribution in [2.75, 3.05) is 5.73 Å². The molecular formula is C15H16FNO. The van der Waals surface area contributed by atoms with Crippen LogP contribution in [0.1, 0.15) is 16.7 Å². The number of benzene rings is 2. The van der Waals surface area contributed by atoms with Gasteiger partial charge in [0.15, 0.2) is 0 Å². The zero-order valence-electron chi connectivity index (χ0n) is 10.5. The monoisotopic (exact) mass is 245 g/mol. The molecular weight excluding hydrogens is 229 g/mol. The zero-order valence-corrected chi connectivity index (χ0v) is 10.5. The van der Waals surface area contributed by atoms with Crippen LogP contribution in [-0.4, -0.2) is 0 Å². The number of rotatable bonds is 3. The topological polar surface area (TPSA) is 35.2 Å². The molecule has 2 rings (SSSR count). The summed E-state index contributed by atoms with van der Waals surface area (Å²) >= 11 is 0. The fourth-order valence-corrected chi connectivity index (χ4v) is 1.77. The molecule has 0 fully saturated rings. The first kappa shape index (κ1) is 12.4. The molecule has 18 heavy (non-hydrogen) atoms. The number of aryl methyl sites for hydroxylation is 2. The predicted molar refractivity (Wildman–Crippen MR) is 71.1 cm³/mol. The van der Waals surface area contributed by atoms with Crippen LogP contribution in [0, 0.1) is 19.7 Å². The zero-order chi connectivity index (χ0) is 13.1. The van der Waals surface area contributed by atoms with Gasteiger partial charge in [0, 0.05) is 5.69 Å². The Morgan fingerprint density at radius 2 is 1.61 bits per heavy atom. The maximum Gasteiger partial charge on any atom is 0.123 e. The van der Waals surface area contributed by atoms with E-state index in [1.807, 2.05) is 26.0 Å². The van der Waals surface area contributed by atoms with Crippen molar-refractivity contribution in [2.45, 2.75) is 20.5 Å². The van der Waals surface area contributed by atoms with Crippen molar-refractivity contribution in [3.05, 3.63) is 58.9 Å². The Hall–Kier alpha value is -2.03. The summed E-state index contributed by atoms with van der Waals surface area (Å²) in [6.07, 6.45) is 0. The Bertz CT molecular complexity index is 526. The molecule has 3 heteroatoms. The molecule has 0 bridgehead atoms. The summed E-state index contributed by atoms with van der Waals surface area (Å²) in [6.45, 7) is 4.32. The first-order chi connectivity index (χ1) is 8.56. The Morgan fingerprint density at radius 1 is 1.06 bits per heavy atom. The number of nitrogens with two attached hydrogens (primary N) is 1. The predicted octanol–water partition coefficient (Wildman–Crippen LogP) is 3.60. The minimum Gasteiger partial charge on any atom is -0.489 e. The molecule has 0 saturated carbocycles. The van der Waals surface area contributed by atoms with Gasteiger partial charge in [0.05, 0.1) is 0 Å². The van der Waals surface area contributed by atoms with Gasteiger partial charge in [-0.05, 0) is 54.8 Å². The third-order valence-electron chi connectivity index (χ3n) is 2.89. The van der Waals surface area contributed by atoms with E-state index in [0.29, 0.717) is 6.61 Å². The van der Waals surface area contributed by atoms with E-state index in [9.17, 15) is 4.39 Å². The Morgan fingerprint density at radius 3 is 2.17 bits per heavy atom. The SMILES string of the molecule is Cc1cc(OCc2ccc(F)cc2)cc(C)c1N. The van der Waals surface area contributed by atoms with Crippen molar-refractivity contribution in [3.63, 3.8) is 0 Å². The average Bonchev–Trinajstić information content (AvgIpc) is 2.35. The van der Waals surface area contributed by atoms with Crippen molar-refractivity contribution in [1.29, 1.82) is 0 Å². The van der Waals surface area contributed by atoms with Crippen LogP contribution in [-0.2, 0) is 6.61 Å². The van der Waals surface area contributed by atoms with E-state index in [1.54, 1.807) is 12.1 Å². The second kappa shape index (κ2) is 5.08. The van der Waals surface area contributed by atoms with E-state index in [4.69, 9.17) is 10.5 Å². The number of nitrogen functional groups attached to an aromatic ring is 1. The summed E-state index contributed by atoms with van der Waals surface area (Å²) in [6, 6.07) is 10.1. The molecule has 2 nitrogen and oxygen atoms in total. The lowest BCUT2D eigenvalue weighted by molar-refractivity contribution is 0.305. The van der Waals surface area contributed by atoms with E-state index >= 15 is 0 Å². The smallest absolute Gasteiger partial charge is 0.123 e. The van der Waals surface area contributed by atoms with Crippen LogP contribution in [0.3, 0.4) is 0 Å². The highest BCUT2D eigenvalue weighted by Crippen LogP contribution is 2.24. The largest absolute Gasteiger partial charge is 0.489 e. The molecule has 0 atom stereocenters. The fourth-order valence-electron chi connectivity index (χ4n) is 1.77. The maximum absolute atomic E-state index is 12.7. The molecule has 2 N–H and O–H groups in total. The number of hydrogen-bond acceptors (Lipinski definition) is 2. The van der Waals surface area contributed by atoms with Crippen LogP contribution in [0.4, 0.5) is 10.1 Å². The highest BCUT2D eigenvalue weighted by atomic mass is 19.1. The van der Waals surface area contributed by atoms with Crippen molar-refractivity contribution < 1.29 is 9.13 Å². The molecule has 0 amide bonds. The van der Waals surface area contributed by atoms with Gasteiger partial charge in [0.1, 0.15) is 18.2 Å². The van der Waals surface area contributed by atoms with Gasteiger partial charge in [-0.2, -0.15) is 0 Å². The van der Waals surface area contributed by atoms with Gasteiger partial charge >= 0.3 is 0 Å². The Balaban J connectivity index is 2.08. The standard InChI is InChI=1S/C15H16FNO/c1-10-7-14(8-11(2)15(10)17)18-9-12-3-5-13(16)6-4-12/h3-8H,9,17H2,1-2H3. The van der Waals surface area contributed by atoms with E-state index in [0.717, 1.165) is 28.1 Å². The first-order valence-electron chi connectivity index (χ1n) is 5.80. The summed E-state index contributed by atoms with van der Waals surface area (Å²) in [7, 11) is 0. The van der Waals surface area contributed by atoms with Crippen molar-refractivity contribution in [2.24, 2.45) is 0 Å². The quantitative estimate of drug-likeness (QED) is 0.838. The lowest BCUT2D eigenvalue weighted by atomic mass is 10.1. The number of halogens is 1. The van der Waals surface area contributed by atoms with E-state index in [2.05, 4.69) is 0 Å². The first-order valence-corrected chi connectivity index (χ1v) is 5.80. The van der Waals surface area contributed by atoms with Gasteiger partial charge in [-0.3, -0.25) is 0 Å². The number of anilines is 1. The van der Waals surface area contributed by atoms with Crippen molar-refractivity contribution in [1.82, 2.24) is 0 Å². The normalized spacial score (nSPS) is 10.4. The molecule has 2 aromatic rings. The maximum atomic E-state index is 12.7. The molecule has 0 aliphatic rings. The van der Waals surface area contributed by atoms with Crippen LogP contribution in [0.5, 0.6) is 5.75 Å². The van der Waals surface area contributed by atoms with Gasteiger partial charge in [-0.15, -0.1) is 0 Å². The molecule has 0 spiro atoms. The van der Waals surface area contributed by atoms with Gasteiger partial charge in [-0.25, -0.2) is 4.39 Å². The second-order valence-electron chi connectivity index (χ2n) is 4.39. The minimum absolute atomic E-state index is 0.238. The Kier molecular flexibility index (Phi) is 3.51. The minimum atomic E-state index is -0.238. The van der Waals surface area contributed by atoms with Gasteiger partial charge in [0.2, 0.25) is 0 Å². The van der Waals surface area contributed by atoms with E-state index < -0.39 is 0 Å². The van der Waals surface area contributed by atoms with Gasteiger partial charge in [0.25, 0.3) is 0 Å². The molecule has 94 valence electrons. The molecule has 0 aromatic heterocycles. The van der Waals surface area contributed by atoms with Gasteiger partial charge in [-0.1, -0.05) is 12.1 Å². The highest BCUT2D eigenvalue weighted by Gasteiger charge is 2.03. The average molecular weight is 245 g/mol. The lowest BCUT2D eigenvalue weighted by Gasteiger charge is -2.10. The molecule has 0 radical (unpaired) electrons. The summed E-state index contributed by atoms with van der Waals surface area (Å²) in [5.74, 6) is 0.543. The van der Waals surface area contributed by atoms with Crippen molar-refractivity contribution >= 4 is 5.69 Å². The third kappa shape index (κ3) is 2.80. The number of hydrogen-bond donors (Lipinski definition) is 1.